The van der Waals surface area contributed by atoms with E-state index in [4.69, 9.17) is 9.47 Å². The summed E-state index contributed by atoms with van der Waals surface area (Å²) in [6, 6.07) is 17.4. The first-order valence-electron chi connectivity index (χ1n) is 14.2. The first-order valence-corrected chi connectivity index (χ1v) is 15.2. The molecule has 2 aromatic carbocycles. The van der Waals surface area contributed by atoms with E-state index in [0.717, 1.165) is 37.6 Å². The van der Waals surface area contributed by atoms with Gasteiger partial charge in [0.15, 0.2) is 0 Å². The highest BCUT2D eigenvalue weighted by Gasteiger charge is 2.13. The summed E-state index contributed by atoms with van der Waals surface area (Å²) in [4.78, 5) is 0. The molecule has 2 atom stereocenters. The van der Waals surface area contributed by atoms with Crippen LogP contribution in [0.3, 0.4) is 0 Å². The molecule has 0 fully saturated rings. The smallest absolute Gasteiger partial charge is 0.119 e. The lowest BCUT2D eigenvalue weighted by Gasteiger charge is -2.19. The van der Waals surface area contributed by atoms with Crippen molar-refractivity contribution in [2.75, 3.05) is 13.2 Å². The molecule has 2 nitrogen and oxygen atoms in total. The van der Waals surface area contributed by atoms with E-state index in [2.05, 4.69) is 76.2 Å². The van der Waals surface area contributed by atoms with Gasteiger partial charge in [0.2, 0.25) is 0 Å². The second-order valence-electron chi connectivity index (χ2n) is 9.79. The van der Waals surface area contributed by atoms with E-state index < -0.39 is 0 Å². The van der Waals surface area contributed by atoms with Crippen LogP contribution in [0.2, 0.25) is 0 Å². The predicted molar refractivity (Wildman–Crippen MR) is 155 cm³/mol. The van der Waals surface area contributed by atoms with E-state index in [-0.39, 0.29) is 0 Å². The summed E-state index contributed by atoms with van der Waals surface area (Å²) in [6.07, 6.45) is 15.6. The van der Waals surface area contributed by atoms with Crippen molar-refractivity contribution in [3.05, 3.63) is 59.7 Å². The Morgan fingerprint density at radius 3 is 1.23 bits per heavy atom. The van der Waals surface area contributed by atoms with Gasteiger partial charge < -0.3 is 9.47 Å². The van der Waals surface area contributed by atoms with Gasteiger partial charge in [-0.15, -0.1) is 11.8 Å². The highest BCUT2D eigenvalue weighted by Crippen LogP contribution is 2.40. The Balaban J connectivity index is 1.67. The molecule has 0 saturated heterocycles. The highest BCUT2D eigenvalue weighted by molar-refractivity contribution is 7.99. The fourth-order valence-electron chi connectivity index (χ4n) is 4.28. The van der Waals surface area contributed by atoms with Crippen LogP contribution in [-0.2, 0) is 0 Å². The fraction of sp³-hybridized carbons (Fsp3) is 0.625. The molecule has 2 aromatic rings. The van der Waals surface area contributed by atoms with E-state index >= 15 is 0 Å². The van der Waals surface area contributed by atoms with Crippen LogP contribution in [0.25, 0.3) is 0 Å². The summed E-state index contributed by atoms with van der Waals surface area (Å²) in [6.45, 7) is 10.8. The number of thioether (sulfide) groups is 1. The number of benzene rings is 2. The zero-order valence-corrected chi connectivity index (χ0v) is 23.7. The Hall–Kier alpha value is -1.61. The Morgan fingerprint density at radius 2 is 0.857 bits per heavy atom. The molecule has 3 heteroatoms. The third-order valence-electron chi connectivity index (χ3n) is 6.64. The average molecular weight is 499 g/mol. The first-order chi connectivity index (χ1) is 17.1. The maximum Gasteiger partial charge on any atom is 0.119 e. The standard InChI is InChI=1S/C32H50O2S/c1-5-7-9-11-13-15-25-33-31-21-17-29(18-22-31)27(3)35-28(4)30-19-23-32(24-20-30)34-26-16-14-12-10-8-6-2/h17-24,27-28H,5-16,25-26H2,1-4H3. The number of rotatable bonds is 20. The van der Waals surface area contributed by atoms with Crippen LogP contribution >= 0.6 is 11.8 Å². The van der Waals surface area contributed by atoms with E-state index in [1.165, 1.54) is 75.3 Å². The van der Waals surface area contributed by atoms with Crippen LogP contribution in [0.1, 0.15) is 126 Å². The largest absolute Gasteiger partial charge is 0.494 e. The van der Waals surface area contributed by atoms with Gasteiger partial charge in [0.05, 0.1) is 13.2 Å². The molecule has 2 unspecified atom stereocenters. The number of hydrogen-bond donors (Lipinski definition) is 0. The van der Waals surface area contributed by atoms with Gasteiger partial charge in [0, 0.05) is 10.5 Å². The van der Waals surface area contributed by atoms with E-state index in [1.54, 1.807) is 0 Å². The van der Waals surface area contributed by atoms with Crippen molar-refractivity contribution in [2.45, 2.75) is 115 Å². The molecule has 0 bridgehead atoms. The maximum atomic E-state index is 5.95. The SMILES string of the molecule is CCCCCCCCOc1ccc(C(C)SC(C)c2ccc(OCCCCCCCC)cc2)cc1. The number of ether oxygens (including phenoxy) is 2. The summed E-state index contributed by atoms with van der Waals surface area (Å²) < 4.78 is 11.9. The summed E-state index contributed by atoms with van der Waals surface area (Å²) in [7, 11) is 0. The van der Waals surface area contributed by atoms with Crippen LogP contribution in [0, 0.1) is 0 Å². The minimum absolute atomic E-state index is 0.432. The summed E-state index contributed by atoms with van der Waals surface area (Å²) in [5.74, 6) is 1.98. The van der Waals surface area contributed by atoms with Gasteiger partial charge in [-0.3, -0.25) is 0 Å². The van der Waals surface area contributed by atoms with Crippen LogP contribution in [0.5, 0.6) is 11.5 Å². The zero-order valence-electron chi connectivity index (χ0n) is 22.9. The third-order valence-corrected chi connectivity index (χ3v) is 8.00. The van der Waals surface area contributed by atoms with Gasteiger partial charge in [-0.25, -0.2) is 0 Å². The second-order valence-corrected chi connectivity index (χ2v) is 11.5. The normalized spacial score (nSPS) is 12.9. The zero-order chi connectivity index (χ0) is 25.1. The molecule has 0 aliphatic carbocycles. The Bertz CT molecular complexity index is 691. The summed E-state index contributed by atoms with van der Waals surface area (Å²) in [5.41, 5.74) is 2.71. The van der Waals surface area contributed by atoms with E-state index in [0.29, 0.717) is 10.5 Å². The molecule has 0 aliphatic rings. The number of hydrogen-bond acceptors (Lipinski definition) is 3. The summed E-state index contributed by atoms with van der Waals surface area (Å²) in [5, 5.41) is 0.863. The molecule has 0 spiro atoms. The van der Waals surface area contributed by atoms with E-state index in [1.807, 2.05) is 11.8 Å². The lowest BCUT2D eigenvalue weighted by molar-refractivity contribution is 0.304. The Morgan fingerprint density at radius 1 is 0.514 bits per heavy atom. The van der Waals surface area contributed by atoms with Crippen molar-refractivity contribution >= 4 is 11.8 Å². The monoisotopic (exact) mass is 498 g/mol. The van der Waals surface area contributed by atoms with Crippen LogP contribution in [0.15, 0.2) is 48.5 Å². The molecule has 0 radical (unpaired) electrons. The average Bonchev–Trinajstić information content (AvgIpc) is 2.88. The molecule has 0 amide bonds. The molecule has 196 valence electrons. The Kier molecular flexibility index (Phi) is 15.8. The van der Waals surface area contributed by atoms with Crippen molar-refractivity contribution in [1.82, 2.24) is 0 Å². The lowest BCUT2D eigenvalue weighted by atomic mass is 10.1. The maximum absolute atomic E-state index is 5.95. The first kappa shape index (κ1) is 29.6. The fourth-order valence-corrected chi connectivity index (χ4v) is 5.52. The van der Waals surface area contributed by atoms with Gasteiger partial charge >= 0.3 is 0 Å². The molecule has 0 saturated carbocycles. The third kappa shape index (κ3) is 12.8. The molecule has 0 aliphatic heterocycles. The molecular weight excluding hydrogens is 448 g/mol. The van der Waals surface area contributed by atoms with Crippen molar-refractivity contribution in [1.29, 1.82) is 0 Å². The van der Waals surface area contributed by atoms with Crippen LogP contribution in [0.4, 0.5) is 0 Å². The topological polar surface area (TPSA) is 18.5 Å². The Labute approximate surface area is 220 Å². The quantitative estimate of drug-likeness (QED) is 0.169. The minimum atomic E-state index is 0.432. The molecule has 0 heterocycles. The summed E-state index contributed by atoms with van der Waals surface area (Å²) >= 11 is 2.00. The highest BCUT2D eigenvalue weighted by atomic mass is 32.2. The predicted octanol–water partition coefficient (Wildman–Crippen LogP) is 10.7. The molecular formula is C32H50O2S. The molecule has 0 N–H and O–H groups in total. The van der Waals surface area contributed by atoms with Gasteiger partial charge in [0.1, 0.15) is 11.5 Å². The van der Waals surface area contributed by atoms with Crippen LogP contribution in [-0.4, -0.2) is 13.2 Å². The van der Waals surface area contributed by atoms with E-state index in [9.17, 15) is 0 Å². The van der Waals surface area contributed by atoms with Crippen molar-refractivity contribution in [3.8, 4) is 11.5 Å². The minimum Gasteiger partial charge on any atom is -0.494 e. The van der Waals surface area contributed by atoms with Crippen molar-refractivity contribution < 1.29 is 9.47 Å². The lowest BCUT2D eigenvalue weighted by Crippen LogP contribution is -1.99. The molecule has 0 aromatic heterocycles. The molecule has 35 heavy (non-hydrogen) atoms. The molecule has 2 rings (SSSR count). The van der Waals surface area contributed by atoms with Crippen molar-refractivity contribution in [3.63, 3.8) is 0 Å². The van der Waals surface area contributed by atoms with Gasteiger partial charge in [-0.05, 0) is 62.1 Å². The second kappa shape index (κ2) is 18.6. The van der Waals surface area contributed by atoms with Gasteiger partial charge in [-0.1, -0.05) is 102 Å². The van der Waals surface area contributed by atoms with Crippen LogP contribution < -0.4 is 9.47 Å². The van der Waals surface area contributed by atoms with Crippen molar-refractivity contribution in [2.24, 2.45) is 0 Å². The number of unbranched alkanes of at least 4 members (excludes halogenated alkanes) is 10. The van der Waals surface area contributed by atoms with Gasteiger partial charge in [0.25, 0.3) is 0 Å². The van der Waals surface area contributed by atoms with Gasteiger partial charge in [-0.2, -0.15) is 0 Å².